The molecular formula is C10H19O2. The van der Waals surface area contributed by atoms with Gasteiger partial charge in [-0.25, -0.2) is 4.79 Å². The Hall–Kier alpha value is -0.530. The highest BCUT2D eigenvalue weighted by Gasteiger charge is 2.10. The van der Waals surface area contributed by atoms with Gasteiger partial charge >= 0.3 is 6.47 Å². The van der Waals surface area contributed by atoms with Crippen LogP contribution in [-0.4, -0.2) is 12.6 Å². The van der Waals surface area contributed by atoms with Crippen LogP contribution in [0.2, 0.25) is 0 Å². The summed E-state index contributed by atoms with van der Waals surface area (Å²) >= 11 is 0. The van der Waals surface area contributed by atoms with Gasteiger partial charge in [-0.1, -0.05) is 20.8 Å². The highest BCUT2D eigenvalue weighted by Crippen LogP contribution is 2.22. The normalized spacial score (nSPS) is 14.0. The van der Waals surface area contributed by atoms with Crippen LogP contribution >= 0.6 is 0 Å². The number of hydrogen-bond acceptors (Lipinski definition) is 2. The lowest BCUT2D eigenvalue weighted by molar-refractivity contribution is 0.175. The zero-order valence-corrected chi connectivity index (χ0v) is 8.52. The lowest BCUT2D eigenvalue weighted by atomic mass is 9.89. The summed E-state index contributed by atoms with van der Waals surface area (Å²) in [5.41, 5.74) is 0.380. The van der Waals surface area contributed by atoms with Crippen LogP contribution in [0.15, 0.2) is 0 Å². The van der Waals surface area contributed by atoms with Gasteiger partial charge in [0.2, 0.25) is 0 Å². The molecule has 0 aliphatic rings. The van der Waals surface area contributed by atoms with Gasteiger partial charge in [0.25, 0.3) is 0 Å². The lowest BCUT2D eigenvalue weighted by Gasteiger charge is -2.18. The number of hydrogen-bond donors (Lipinski definition) is 0. The minimum Gasteiger partial charge on any atom is -0.454 e. The molecule has 12 heavy (non-hydrogen) atoms. The summed E-state index contributed by atoms with van der Waals surface area (Å²) in [4.78, 5) is 9.83. The van der Waals surface area contributed by atoms with E-state index in [-0.39, 0.29) is 6.10 Å². The molecule has 0 spiro atoms. The monoisotopic (exact) mass is 171 g/mol. The minimum atomic E-state index is 0.0184. The molecule has 0 aromatic carbocycles. The Kier molecular flexibility index (Phi) is 4.95. The van der Waals surface area contributed by atoms with Crippen LogP contribution in [0.3, 0.4) is 0 Å². The molecule has 0 aliphatic carbocycles. The zero-order chi connectivity index (χ0) is 9.61. The summed E-state index contributed by atoms with van der Waals surface area (Å²) < 4.78 is 4.65. The van der Waals surface area contributed by atoms with E-state index in [9.17, 15) is 4.79 Å². The minimum absolute atomic E-state index is 0.0184. The fourth-order valence-corrected chi connectivity index (χ4v) is 1.06. The molecule has 0 N–H and O–H groups in total. The van der Waals surface area contributed by atoms with Crippen molar-refractivity contribution in [1.29, 1.82) is 0 Å². The molecule has 1 unspecified atom stereocenters. The number of ether oxygens (including phenoxy) is 1. The first-order valence-electron chi connectivity index (χ1n) is 4.48. The summed E-state index contributed by atoms with van der Waals surface area (Å²) in [5, 5.41) is 0. The molecule has 0 amide bonds. The molecule has 2 heteroatoms. The van der Waals surface area contributed by atoms with Gasteiger partial charge in [-0.05, 0) is 31.6 Å². The van der Waals surface area contributed by atoms with E-state index in [0.717, 1.165) is 12.8 Å². The van der Waals surface area contributed by atoms with Crippen molar-refractivity contribution in [3.8, 4) is 0 Å². The topological polar surface area (TPSA) is 26.3 Å². The third-order valence-electron chi connectivity index (χ3n) is 1.79. The summed E-state index contributed by atoms with van der Waals surface area (Å²) in [7, 11) is 0. The van der Waals surface area contributed by atoms with Crippen molar-refractivity contribution < 1.29 is 9.53 Å². The van der Waals surface area contributed by atoms with E-state index in [1.54, 1.807) is 0 Å². The van der Waals surface area contributed by atoms with Crippen LogP contribution in [0.1, 0.15) is 47.0 Å². The molecule has 0 aliphatic heterocycles. The maximum absolute atomic E-state index is 9.83. The Morgan fingerprint density at radius 1 is 1.42 bits per heavy atom. The molecule has 0 aromatic rings. The molecule has 2 nitrogen and oxygen atoms in total. The van der Waals surface area contributed by atoms with Crippen molar-refractivity contribution in [3.05, 3.63) is 0 Å². The van der Waals surface area contributed by atoms with Gasteiger partial charge in [0, 0.05) is 0 Å². The molecule has 0 heterocycles. The highest BCUT2D eigenvalue weighted by atomic mass is 16.5. The van der Waals surface area contributed by atoms with Gasteiger partial charge in [0.1, 0.15) is 0 Å². The van der Waals surface area contributed by atoms with Crippen molar-refractivity contribution in [2.75, 3.05) is 0 Å². The average Bonchev–Trinajstić information content (AvgIpc) is 1.84. The van der Waals surface area contributed by atoms with E-state index in [4.69, 9.17) is 0 Å². The molecule has 1 atom stereocenters. The first-order valence-corrected chi connectivity index (χ1v) is 4.48. The first-order chi connectivity index (χ1) is 5.45. The second kappa shape index (κ2) is 5.18. The first kappa shape index (κ1) is 11.5. The van der Waals surface area contributed by atoms with Crippen molar-refractivity contribution in [2.24, 2.45) is 5.41 Å². The predicted octanol–water partition coefficient (Wildman–Crippen LogP) is 2.68. The van der Waals surface area contributed by atoms with Crippen LogP contribution in [-0.2, 0) is 9.53 Å². The highest BCUT2D eigenvalue weighted by molar-refractivity contribution is 5.38. The van der Waals surface area contributed by atoms with Crippen molar-refractivity contribution in [3.63, 3.8) is 0 Å². The Morgan fingerprint density at radius 3 is 2.42 bits per heavy atom. The van der Waals surface area contributed by atoms with Crippen LogP contribution < -0.4 is 0 Å². The van der Waals surface area contributed by atoms with Crippen LogP contribution in [0.5, 0.6) is 0 Å². The largest absolute Gasteiger partial charge is 0.454 e. The molecule has 0 bridgehead atoms. The maximum Gasteiger partial charge on any atom is 0.417 e. The van der Waals surface area contributed by atoms with Crippen LogP contribution in [0.4, 0.5) is 0 Å². The summed E-state index contributed by atoms with van der Waals surface area (Å²) in [6.45, 7) is 10.00. The average molecular weight is 171 g/mol. The second-order valence-corrected chi connectivity index (χ2v) is 4.46. The van der Waals surface area contributed by atoms with Crippen molar-refractivity contribution >= 4 is 6.47 Å². The van der Waals surface area contributed by atoms with E-state index < -0.39 is 0 Å². The molecule has 0 saturated heterocycles. The third kappa shape index (κ3) is 7.58. The Morgan fingerprint density at radius 2 is 2.00 bits per heavy atom. The predicted molar refractivity (Wildman–Crippen MR) is 49.5 cm³/mol. The van der Waals surface area contributed by atoms with Gasteiger partial charge in [0.05, 0.1) is 6.10 Å². The summed E-state index contributed by atoms with van der Waals surface area (Å²) in [5.74, 6) is 0. The van der Waals surface area contributed by atoms with Gasteiger partial charge in [-0.15, -0.1) is 0 Å². The van der Waals surface area contributed by atoms with E-state index in [0.29, 0.717) is 5.41 Å². The molecule has 0 fully saturated rings. The van der Waals surface area contributed by atoms with E-state index in [1.807, 2.05) is 6.92 Å². The molecule has 0 rings (SSSR count). The third-order valence-corrected chi connectivity index (χ3v) is 1.79. The van der Waals surface area contributed by atoms with Gasteiger partial charge in [-0.2, -0.15) is 0 Å². The maximum atomic E-state index is 9.83. The Balaban J connectivity index is 3.36. The fraction of sp³-hybridized carbons (Fsp3) is 0.900. The Bertz CT molecular complexity index is 124. The smallest absolute Gasteiger partial charge is 0.417 e. The molecule has 0 aromatic heterocycles. The molecule has 0 saturated carbocycles. The van der Waals surface area contributed by atoms with Crippen LogP contribution in [0, 0.1) is 5.41 Å². The van der Waals surface area contributed by atoms with Gasteiger partial charge in [0.15, 0.2) is 0 Å². The zero-order valence-electron chi connectivity index (χ0n) is 8.52. The van der Waals surface area contributed by atoms with Crippen LogP contribution in [0.25, 0.3) is 0 Å². The quantitative estimate of drug-likeness (QED) is 0.635. The van der Waals surface area contributed by atoms with Crippen molar-refractivity contribution in [1.82, 2.24) is 0 Å². The number of rotatable bonds is 5. The van der Waals surface area contributed by atoms with Gasteiger partial charge < -0.3 is 4.74 Å². The SMILES string of the molecule is CC(CCCC(C)(C)C)O[C]=O. The van der Waals surface area contributed by atoms with Crippen molar-refractivity contribution in [2.45, 2.75) is 53.1 Å². The van der Waals surface area contributed by atoms with E-state index >= 15 is 0 Å². The fourth-order valence-electron chi connectivity index (χ4n) is 1.06. The Labute approximate surface area is 75.3 Å². The lowest BCUT2D eigenvalue weighted by Crippen LogP contribution is -2.10. The molecule has 1 radical (unpaired) electrons. The standard InChI is InChI=1S/C10H19O2/c1-9(12-8-11)6-5-7-10(2,3)4/h9H,5-7H2,1-4H3. The summed E-state index contributed by atoms with van der Waals surface area (Å²) in [6.07, 6.45) is 3.23. The molecule has 71 valence electrons. The summed E-state index contributed by atoms with van der Waals surface area (Å²) in [6, 6.07) is 0. The van der Waals surface area contributed by atoms with E-state index in [2.05, 4.69) is 25.5 Å². The number of carbonyl (C=O) groups excluding carboxylic acids is 1. The molecular weight excluding hydrogens is 152 g/mol. The van der Waals surface area contributed by atoms with E-state index in [1.165, 1.54) is 12.9 Å². The van der Waals surface area contributed by atoms with Gasteiger partial charge in [-0.3, -0.25) is 0 Å². The second-order valence-electron chi connectivity index (χ2n) is 4.46.